The Kier molecular flexibility index (Phi) is 8.56. The van der Waals surface area contributed by atoms with E-state index in [4.69, 9.17) is 21.1 Å². The third-order valence-corrected chi connectivity index (χ3v) is 5.02. The zero-order valence-electron chi connectivity index (χ0n) is 15.2. The molecule has 1 aliphatic carbocycles. The van der Waals surface area contributed by atoms with Crippen LogP contribution < -0.4 is 14.8 Å². The molecule has 0 amide bonds. The standard InChI is InChI=1S/C21H26ClNO2.ClH/c1-24-20-9-5-6-17(14-23-19-7-3-2-4-8-19)21(20)25-15-16-10-12-18(22)13-11-16;/h5-6,9-13,19,23H,2-4,7-8,14-15H2,1H3;1H. The highest BCUT2D eigenvalue weighted by Crippen LogP contribution is 2.32. The summed E-state index contributed by atoms with van der Waals surface area (Å²) in [5.74, 6) is 1.60. The highest BCUT2D eigenvalue weighted by molar-refractivity contribution is 6.30. The summed E-state index contributed by atoms with van der Waals surface area (Å²) in [4.78, 5) is 0. The zero-order chi connectivity index (χ0) is 17.5. The maximum absolute atomic E-state index is 6.12. The number of nitrogens with one attached hydrogen (secondary N) is 1. The highest BCUT2D eigenvalue weighted by Gasteiger charge is 2.15. The van der Waals surface area contributed by atoms with Crippen LogP contribution in [0.1, 0.15) is 43.2 Å². The monoisotopic (exact) mass is 395 g/mol. The van der Waals surface area contributed by atoms with E-state index in [0.29, 0.717) is 12.6 Å². The molecule has 0 aliphatic heterocycles. The molecule has 0 aromatic heterocycles. The quantitative estimate of drug-likeness (QED) is 0.644. The molecule has 1 N–H and O–H groups in total. The normalized spacial score (nSPS) is 14.5. The van der Waals surface area contributed by atoms with E-state index >= 15 is 0 Å². The molecule has 2 aromatic rings. The van der Waals surface area contributed by atoms with Crippen molar-refractivity contribution in [2.75, 3.05) is 7.11 Å². The Morgan fingerprint density at radius 1 is 1.04 bits per heavy atom. The molecule has 1 aliphatic rings. The van der Waals surface area contributed by atoms with E-state index in [9.17, 15) is 0 Å². The molecule has 0 saturated heterocycles. The lowest BCUT2D eigenvalue weighted by atomic mass is 9.95. The van der Waals surface area contributed by atoms with Gasteiger partial charge in [0.1, 0.15) is 6.61 Å². The fourth-order valence-electron chi connectivity index (χ4n) is 3.32. The number of halogens is 2. The number of para-hydroxylation sites is 1. The van der Waals surface area contributed by atoms with Crippen LogP contribution in [0.15, 0.2) is 42.5 Å². The molecule has 0 atom stereocenters. The number of methoxy groups -OCH3 is 1. The van der Waals surface area contributed by atoms with Crippen molar-refractivity contribution in [2.24, 2.45) is 0 Å². The lowest BCUT2D eigenvalue weighted by molar-refractivity contribution is 0.279. The number of benzene rings is 2. The van der Waals surface area contributed by atoms with Gasteiger partial charge in [-0.15, -0.1) is 12.4 Å². The topological polar surface area (TPSA) is 30.5 Å². The SMILES string of the molecule is COc1cccc(CNC2CCCCC2)c1OCc1ccc(Cl)cc1.Cl. The second kappa shape index (κ2) is 10.7. The zero-order valence-corrected chi connectivity index (χ0v) is 16.7. The summed E-state index contributed by atoms with van der Waals surface area (Å²) in [6.07, 6.45) is 6.56. The number of hydrogen-bond acceptors (Lipinski definition) is 3. The molecule has 0 bridgehead atoms. The molecule has 2 aromatic carbocycles. The van der Waals surface area contributed by atoms with Crippen LogP contribution in [0.5, 0.6) is 11.5 Å². The predicted octanol–water partition coefficient (Wildman–Crippen LogP) is 5.77. The molecular weight excluding hydrogens is 369 g/mol. The second-order valence-corrected chi connectivity index (χ2v) is 7.02. The first-order valence-corrected chi connectivity index (χ1v) is 9.40. The van der Waals surface area contributed by atoms with Crippen molar-refractivity contribution in [3.63, 3.8) is 0 Å². The van der Waals surface area contributed by atoms with Crippen LogP contribution in [-0.2, 0) is 13.2 Å². The maximum atomic E-state index is 6.12. The highest BCUT2D eigenvalue weighted by atomic mass is 35.5. The van der Waals surface area contributed by atoms with Crippen LogP contribution in [0.25, 0.3) is 0 Å². The van der Waals surface area contributed by atoms with Gasteiger partial charge in [0, 0.05) is 23.2 Å². The van der Waals surface area contributed by atoms with Crippen molar-refractivity contribution in [3.8, 4) is 11.5 Å². The van der Waals surface area contributed by atoms with E-state index in [0.717, 1.165) is 34.2 Å². The minimum atomic E-state index is 0. The fourth-order valence-corrected chi connectivity index (χ4v) is 3.45. The van der Waals surface area contributed by atoms with Crippen LogP contribution in [0.2, 0.25) is 5.02 Å². The first kappa shape index (κ1) is 20.9. The van der Waals surface area contributed by atoms with Gasteiger partial charge in [-0.3, -0.25) is 0 Å². The summed E-state index contributed by atoms with van der Waals surface area (Å²) in [6.45, 7) is 1.30. The molecule has 0 spiro atoms. The molecule has 26 heavy (non-hydrogen) atoms. The molecule has 3 rings (SSSR count). The van der Waals surface area contributed by atoms with E-state index in [1.807, 2.05) is 36.4 Å². The molecule has 1 fully saturated rings. The van der Waals surface area contributed by atoms with Crippen LogP contribution in [0, 0.1) is 0 Å². The smallest absolute Gasteiger partial charge is 0.166 e. The van der Waals surface area contributed by atoms with Gasteiger partial charge >= 0.3 is 0 Å². The third-order valence-electron chi connectivity index (χ3n) is 4.76. The Balaban J connectivity index is 0.00000243. The molecule has 5 heteroatoms. The minimum absolute atomic E-state index is 0. The summed E-state index contributed by atoms with van der Waals surface area (Å²) in [5.41, 5.74) is 2.22. The lowest BCUT2D eigenvalue weighted by Gasteiger charge is -2.24. The Hall–Kier alpha value is -1.42. The fraction of sp³-hybridized carbons (Fsp3) is 0.429. The average molecular weight is 396 g/mol. The molecule has 0 radical (unpaired) electrons. The lowest BCUT2D eigenvalue weighted by Crippen LogP contribution is -2.30. The summed E-state index contributed by atoms with van der Waals surface area (Å²) in [7, 11) is 1.68. The minimum Gasteiger partial charge on any atom is -0.493 e. The van der Waals surface area contributed by atoms with Crippen molar-refractivity contribution < 1.29 is 9.47 Å². The van der Waals surface area contributed by atoms with Gasteiger partial charge in [0.05, 0.1) is 7.11 Å². The van der Waals surface area contributed by atoms with Crippen molar-refractivity contribution in [1.82, 2.24) is 5.32 Å². The van der Waals surface area contributed by atoms with Gasteiger partial charge in [-0.25, -0.2) is 0 Å². The number of ether oxygens (including phenoxy) is 2. The van der Waals surface area contributed by atoms with Crippen LogP contribution >= 0.6 is 24.0 Å². The van der Waals surface area contributed by atoms with Crippen LogP contribution in [-0.4, -0.2) is 13.2 Å². The van der Waals surface area contributed by atoms with Crippen molar-refractivity contribution >= 4 is 24.0 Å². The summed E-state index contributed by atoms with van der Waals surface area (Å²) < 4.78 is 11.6. The molecule has 0 heterocycles. The van der Waals surface area contributed by atoms with Gasteiger partial charge in [0.15, 0.2) is 11.5 Å². The summed E-state index contributed by atoms with van der Waals surface area (Å²) >= 11 is 5.95. The third kappa shape index (κ3) is 5.80. The molecule has 0 unspecified atom stereocenters. The summed E-state index contributed by atoms with van der Waals surface area (Å²) in [5, 5.41) is 4.42. The van der Waals surface area contributed by atoms with Gasteiger partial charge in [-0.2, -0.15) is 0 Å². The first-order chi connectivity index (χ1) is 12.3. The molecule has 142 valence electrons. The Morgan fingerprint density at radius 3 is 2.46 bits per heavy atom. The van der Waals surface area contributed by atoms with Gasteiger partial charge < -0.3 is 14.8 Å². The first-order valence-electron chi connectivity index (χ1n) is 9.03. The largest absolute Gasteiger partial charge is 0.493 e. The van der Waals surface area contributed by atoms with Crippen molar-refractivity contribution in [3.05, 3.63) is 58.6 Å². The summed E-state index contributed by atoms with van der Waals surface area (Å²) in [6, 6.07) is 14.4. The van der Waals surface area contributed by atoms with Gasteiger partial charge in [-0.05, 0) is 36.6 Å². The van der Waals surface area contributed by atoms with E-state index in [1.54, 1.807) is 7.11 Å². The Labute approximate surface area is 167 Å². The molecular formula is C21H27Cl2NO2. The molecule has 3 nitrogen and oxygen atoms in total. The number of rotatable bonds is 7. The van der Waals surface area contributed by atoms with Crippen LogP contribution in [0.3, 0.4) is 0 Å². The van der Waals surface area contributed by atoms with E-state index in [1.165, 1.54) is 32.1 Å². The molecule has 1 saturated carbocycles. The van der Waals surface area contributed by atoms with E-state index < -0.39 is 0 Å². The average Bonchev–Trinajstić information content (AvgIpc) is 2.67. The van der Waals surface area contributed by atoms with E-state index in [-0.39, 0.29) is 12.4 Å². The van der Waals surface area contributed by atoms with Gasteiger partial charge in [0.2, 0.25) is 0 Å². The maximum Gasteiger partial charge on any atom is 0.166 e. The Bertz CT molecular complexity index is 670. The van der Waals surface area contributed by atoms with Crippen molar-refractivity contribution in [1.29, 1.82) is 0 Å². The Morgan fingerprint density at radius 2 is 1.77 bits per heavy atom. The van der Waals surface area contributed by atoms with E-state index in [2.05, 4.69) is 11.4 Å². The van der Waals surface area contributed by atoms with Gasteiger partial charge in [-0.1, -0.05) is 55.1 Å². The number of hydrogen-bond donors (Lipinski definition) is 1. The van der Waals surface area contributed by atoms with Crippen LogP contribution in [0.4, 0.5) is 0 Å². The second-order valence-electron chi connectivity index (χ2n) is 6.58. The van der Waals surface area contributed by atoms with Gasteiger partial charge in [0.25, 0.3) is 0 Å². The predicted molar refractivity (Wildman–Crippen MR) is 110 cm³/mol. The van der Waals surface area contributed by atoms with Crippen molar-refractivity contribution in [2.45, 2.75) is 51.3 Å².